The summed E-state index contributed by atoms with van der Waals surface area (Å²) in [4.78, 5) is 35.9. The van der Waals surface area contributed by atoms with E-state index in [4.69, 9.17) is 0 Å². The number of rotatable bonds is 6. The van der Waals surface area contributed by atoms with Crippen molar-refractivity contribution in [3.05, 3.63) is 57.0 Å². The number of hydrogen-bond acceptors (Lipinski definition) is 5. The summed E-state index contributed by atoms with van der Waals surface area (Å²) in [5.74, 6) is -0.305. The molecule has 2 rings (SSSR count). The van der Waals surface area contributed by atoms with Gasteiger partial charge in [0.15, 0.2) is 0 Å². The molecule has 0 N–H and O–H groups in total. The van der Waals surface area contributed by atoms with Crippen LogP contribution in [0.1, 0.15) is 25.3 Å². The van der Waals surface area contributed by atoms with Gasteiger partial charge in [0.25, 0.3) is 16.8 Å². The number of thioether (sulfide) groups is 1. The molecule has 0 spiro atoms. The van der Waals surface area contributed by atoms with E-state index in [9.17, 15) is 19.7 Å². The normalized spacial score (nSPS) is 16.7. The molecule has 1 aromatic rings. The molecule has 2 amide bonds. The summed E-state index contributed by atoms with van der Waals surface area (Å²) in [7, 11) is 0. The summed E-state index contributed by atoms with van der Waals surface area (Å²) >= 11 is 0.891. The zero-order valence-electron chi connectivity index (χ0n) is 12.6. The molecular weight excluding hydrogens is 316 g/mol. The van der Waals surface area contributed by atoms with E-state index in [1.54, 1.807) is 30.4 Å². The molecule has 23 heavy (non-hydrogen) atoms. The maximum absolute atomic E-state index is 12.1. The van der Waals surface area contributed by atoms with Crippen molar-refractivity contribution >= 4 is 34.7 Å². The minimum absolute atomic E-state index is 0.00630. The van der Waals surface area contributed by atoms with Crippen LogP contribution in [0.5, 0.6) is 0 Å². The summed E-state index contributed by atoms with van der Waals surface area (Å²) in [6.45, 7) is 2.41. The topological polar surface area (TPSA) is 80.5 Å². The van der Waals surface area contributed by atoms with Crippen LogP contribution >= 0.6 is 11.8 Å². The zero-order chi connectivity index (χ0) is 16.8. The Hall–Kier alpha value is -2.41. The smallest absolute Gasteiger partial charge is 0.268 e. The third-order valence-electron chi connectivity index (χ3n) is 3.27. The minimum atomic E-state index is -0.460. The van der Waals surface area contributed by atoms with Crippen molar-refractivity contribution in [2.24, 2.45) is 0 Å². The lowest BCUT2D eigenvalue weighted by molar-refractivity contribution is -0.385. The van der Waals surface area contributed by atoms with Gasteiger partial charge in [0.05, 0.1) is 15.4 Å². The fraction of sp³-hybridized carbons (Fsp3) is 0.250. The number of benzene rings is 1. The second-order valence-corrected chi connectivity index (χ2v) is 5.88. The largest absolute Gasteiger partial charge is 0.293 e. The average Bonchev–Trinajstić information content (AvgIpc) is 2.80. The van der Waals surface area contributed by atoms with Crippen LogP contribution < -0.4 is 0 Å². The van der Waals surface area contributed by atoms with E-state index in [-0.39, 0.29) is 16.8 Å². The lowest BCUT2D eigenvalue weighted by Gasteiger charge is -2.10. The van der Waals surface area contributed by atoms with Crippen molar-refractivity contribution < 1.29 is 14.5 Å². The number of nitrogens with zero attached hydrogens (tertiary/aromatic N) is 2. The van der Waals surface area contributed by atoms with Gasteiger partial charge in [-0.1, -0.05) is 31.6 Å². The van der Waals surface area contributed by atoms with Crippen LogP contribution in [0.3, 0.4) is 0 Å². The summed E-state index contributed by atoms with van der Waals surface area (Å²) in [6.07, 6.45) is 6.31. The van der Waals surface area contributed by atoms with Crippen LogP contribution in [0.15, 0.2) is 41.3 Å². The number of allylic oxidation sites excluding steroid dienone is 2. The third kappa shape index (κ3) is 4.07. The maximum Gasteiger partial charge on any atom is 0.293 e. The van der Waals surface area contributed by atoms with Gasteiger partial charge in [0, 0.05) is 12.6 Å². The number of hydrogen-bond donors (Lipinski definition) is 0. The number of para-hydroxylation sites is 1. The molecule has 120 valence electrons. The Morgan fingerprint density at radius 2 is 2.04 bits per heavy atom. The number of nitro benzene ring substituents is 1. The average molecular weight is 332 g/mol. The minimum Gasteiger partial charge on any atom is -0.268 e. The van der Waals surface area contributed by atoms with Crippen LogP contribution in [0.4, 0.5) is 10.5 Å². The molecule has 1 aliphatic heterocycles. The van der Waals surface area contributed by atoms with Gasteiger partial charge in [-0.2, -0.15) is 0 Å². The van der Waals surface area contributed by atoms with Crippen molar-refractivity contribution in [2.75, 3.05) is 6.54 Å². The first kappa shape index (κ1) is 17.0. The highest BCUT2D eigenvalue weighted by molar-refractivity contribution is 8.18. The van der Waals surface area contributed by atoms with E-state index in [2.05, 4.69) is 0 Å². The van der Waals surface area contributed by atoms with Crippen molar-refractivity contribution in [2.45, 2.75) is 19.8 Å². The number of unbranched alkanes of at least 4 members (excludes halogenated alkanes) is 1. The van der Waals surface area contributed by atoms with Gasteiger partial charge in [-0.25, -0.2) is 0 Å². The molecule has 1 heterocycles. The Balaban J connectivity index is 2.13. The summed E-state index contributed by atoms with van der Waals surface area (Å²) in [6, 6.07) is 6.33. The first-order valence-corrected chi connectivity index (χ1v) is 8.01. The quantitative estimate of drug-likeness (QED) is 0.447. The van der Waals surface area contributed by atoms with Crippen LogP contribution in [0, 0.1) is 10.1 Å². The molecule has 0 aromatic heterocycles. The SMILES string of the molecule is CCCCN1C(=O)S/C(=C\C=C\c2ccccc2[N+](=O)[O-])C1=O. The lowest BCUT2D eigenvalue weighted by atomic mass is 10.1. The second-order valence-electron chi connectivity index (χ2n) is 4.88. The standard InChI is InChI=1S/C16H16N2O4S/c1-2-3-11-17-15(19)14(23-16(17)20)10-6-8-12-7-4-5-9-13(12)18(21)22/h4-10H,2-3,11H2,1H3/b8-6+,14-10-. The fourth-order valence-electron chi connectivity index (χ4n) is 2.06. The predicted octanol–water partition coefficient (Wildman–Crippen LogP) is 3.99. The lowest BCUT2D eigenvalue weighted by Crippen LogP contribution is -2.29. The van der Waals surface area contributed by atoms with Crippen molar-refractivity contribution in [3.8, 4) is 0 Å². The highest BCUT2D eigenvalue weighted by Gasteiger charge is 2.33. The molecule has 6 nitrogen and oxygen atoms in total. The Labute approximate surface area is 138 Å². The van der Waals surface area contributed by atoms with Gasteiger partial charge in [-0.15, -0.1) is 0 Å². The van der Waals surface area contributed by atoms with Gasteiger partial charge < -0.3 is 0 Å². The molecule has 1 saturated heterocycles. The number of carbonyl (C=O) groups excluding carboxylic acids is 2. The number of nitro groups is 1. The first-order chi connectivity index (χ1) is 11.0. The Morgan fingerprint density at radius 3 is 2.74 bits per heavy atom. The molecular formula is C16H16N2O4S. The van der Waals surface area contributed by atoms with Crippen molar-refractivity contribution in [3.63, 3.8) is 0 Å². The van der Waals surface area contributed by atoms with E-state index in [1.807, 2.05) is 6.92 Å². The molecule has 1 fully saturated rings. The monoisotopic (exact) mass is 332 g/mol. The van der Waals surface area contributed by atoms with Gasteiger partial charge in [-0.3, -0.25) is 24.6 Å². The van der Waals surface area contributed by atoms with Crippen LogP contribution in [0.2, 0.25) is 0 Å². The van der Waals surface area contributed by atoms with E-state index in [1.165, 1.54) is 17.0 Å². The summed E-state index contributed by atoms with van der Waals surface area (Å²) < 4.78 is 0. The molecule has 7 heteroatoms. The van der Waals surface area contributed by atoms with E-state index >= 15 is 0 Å². The number of carbonyl (C=O) groups is 2. The summed E-state index contributed by atoms with van der Waals surface area (Å²) in [5.41, 5.74) is 0.437. The van der Waals surface area contributed by atoms with Crippen molar-refractivity contribution in [1.29, 1.82) is 0 Å². The first-order valence-electron chi connectivity index (χ1n) is 7.20. The Bertz CT molecular complexity index is 697. The second kappa shape index (κ2) is 7.73. The number of amides is 2. The molecule has 1 aliphatic rings. The van der Waals surface area contributed by atoms with E-state index in [0.29, 0.717) is 17.0 Å². The van der Waals surface area contributed by atoms with Gasteiger partial charge in [-0.05, 0) is 36.4 Å². The fourth-order valence-corrected chi connectivity index (χ4v) is 2.87. The van der Waals surface area contributed by atoms with Crippen molar-refractivity contribution in [1.82, 2.24) is 4.90 Å². The van der Waals surface area contributed by atoms with Gasteiger partial charge in [0.1, 0.15) is 0 Å². The third-order valence-corrected chi connectivity index (χ3v) is 4.19. The molecule has 1 aromatic carbocycles. The van der Waals surface area contributed by atoms with Gasteiger partial charge >= 0.3 is 0 Å². The van der Waals surface area contributed by atoms with E-state index < -0.39 is 4.92 Å². The Morgan fingerprint density at radius 1 is 1.30 bits per heavy atom. The summed E-state index contributed by atoms with van der Waals surface area (Å²) in [5, 5.41) is 10.7. The van der Waals surface area contributed by atoms with Gasteiger partial charge in [0.2, 0.25) is 0 Å². The molecule has 0 aliphatic carbocycles. The highest BCUT2D eigenvalue weighted by Crippen LogP contribution is 2.31. The maximum atomic E-state index is 12.1. The van der Waals surface area contributed by atoms with Crippen LogP contribution in [-0.2, 0) is 4.79 Å². The zero-order valence-corrected chi connectivity index (χ0v) is 13.4. The highest BCUT2D eigenvalue weighted by atomic mass is 32.2. The van der Waals surface area contributed by atoms with Crippen LogP contribution in [0.25, 0.3) is 6.08 Å². The molecule has 0 bridgehead atoms. The Kier molecular flexibility index (Phi) is 5.70. The molecule has 0 unspecified atom stereocenters. The number of imide groups is 1. The van der Waals surface area contributed by atoms with E-state index in [0.717, 1.165) is 24.6 Å². The molecule has 0 saturated carbocycles. The molecule has 0 radical (unpaired) electrons. The predicted molar refractivity (Wildman–Crippen MR) is 89.8 cm³/mol. The molecule has 0 atom stereocenters. The van der Waals surface area contributed by atoms with Crippen LogP contribution in [-0.4, -0.2) is 27.5 Å².